The smallest absolute Gasteiger partial charge is 0.232 e. The summed E-state index contributed by atoms with van der Waals surface area (Å²) in [4.78, 5) is 16.5. The van der Waals surface area contributed by atoms with Gasteiger partial charge in [0, 0.05) is 33.0 Å². The average Bonchev–Trinajstić information content (AvgIpc) is 3.04. The number of nitrogens with zero attached hydrogens (tertiary/aromatic N) is 1. The first kappa shape index (κ1) is 21.6. The largest absolute Gasteiger partial charge is 0.441 e. The van der Waals surface area contributed by atoms with Gasteiger partial charge in [-0.3, -0.25) is 9.00 Å². The van der Waals surface area contributed by atoms with Crippen LogP contribution in [0, 0.1) is 6.92 Å². The molecule has 0 unspecified atom stereocenters. The maximum absolute atomic E-state index is 12.4. The molecule has 0 aliphatic rings. The molecule has 152 valence electrons. The lowest BCUT2D eigenvalue weighted by atomic mass is 10.1. The van der Waals surface area contributed by atoms with Crippen molar-refractivity contribution in [3.63, 3.8) is 0 Å². The molecule has 0 fully saturated rings. The standard InChI is InChI=1S/C21H20Cl2N2O3S/c1-14-19(25-21(28-14)16-4-8-18(23)9-5-16)12-29(27)13-20(26)24-11-10-15-2-6-17(22)7-3-15/h2-9H,10-13H2,1H3,(H,24,26)/t29-/m0/s1. The number of halogens is 2. The maximum Gasteiger partial charge on any atom is 0.232 e. The number of rotatable bonds is 8. The number of aromatic nitrogens is 1. The molecule has 1 heterocycles. The van der Waals surface area contributed by atoms with Gasteiger partial charge in [-0.2, -0.15) is 0 Å². The second-order valence-corrected chi connectivity index (χ2v) is 8.81. The Morgan fingerprint density at radius 1 is 1.07 bits per heavy atom. The van der Waals surface area contributed by atoms with Gasteiger partial charge in [-0.05, 0) is 55.3 Å². The molecule has 1 aromatic heterocycles. The van der Waals surface area contributed by atoms with E-state index >= 15 is 0 Å². The van der Waals surface area contributed by atoms with Gasteiger partial charge in [0.25, 0.3) is 0 Å². The molecule has 0 aliphatic heterocycles. The summed E-state index contributed by atoms with van der Waals surface area (Å²) in [6, 6.07) is 14.6. The van der Waals surface area contributed by atoms with E-state index in [0.29, 0.717) is 40.4 Å². The van der Waals surface area contributed by atoms with Crippen LogP contribution in [-0.2, 0) is 27.8 Å². The van der Waals surface area contributed by atoms with Crippen LogP contribution < -0.4 is 5.32 Å². The van der Waals surface area contributed by atoms with Gasteiger partial charge in [-0.15, -0.1) is 0 Å². The first-order valence-electron chi connectivity index (χ1n) is 8.99. The highest BCUT2D eigenvalue weighted by molar-refractivity contribution is 7.84. The first-order chi connectivity index (χ1) is 13.9. The van der Waals surface area contributed by atoms with E-state index in [0.717, 1.165) is 11.1 Å². The second kappa shape index (κ2) is 10.1. The molecule has 0 spiro atoms. The fourth-order valence-electron chi connectivity index (χ4n) is 2.68. The summed E-state index contributed by atoms with van der Waals surface area (Å²) >= 11 is 11.7. The van der Waals surface area contributed by atoms with Gasteiger partial charge in [-0.1, -0.05) is 35.3 Å². The van der Waals surface area contributed by atoms with Crippen molar-refractivity contribution in [3.05, 3.63) is 75.6 Å². The monoisotopic (exact) mass is 450 g/mol. The van der Waals surface area contributed by atoms with Crippen LogP contribution in [0.1, 0.15) is 17.0 Å². The normalized spacial score (nSPS) is 12.0. The summed E-state index contributed by atoms with van der Waals surface area (Å²) in [5.74, 6) is 0.859. The average molecular weight is 451 g/mol. The Morgan fingerprint density at radius 2 is 1.69 bits per heavy atom. The molecule has 5 nitrogen and oxygen atoms in total. The molecule has 0 saturated heterocycles. The number of carbonyl (C=O) groups is 1. The van der Waals surface area contributed by atoms with Crippen molar-refractivity contribution in [2.45, 2.75) is 19.1 Å². The molecule has 8 heteroatoms. The number of benzene rings is 2. The summed E-state index contributed by atoms with van der Waals surface area (Å²) in [5.41, 5.74) is 2.44. The molecular formula is C21H20Cl2N2O3S. The van der Waals surface area contributed by atoms with Crippen molar-refractivity contribution >= 4 is 39.9 Å². The summed E-state index contributed by atoms with van der Waals surface area (Å²) in [5, 5.41) is 4.09. The van der Waals surface area contributed by atoms with Gasteiger partial charge in [0.15, 0.2) is 0 Å². The lowest BCUT2D eigenvalue weighted by Gasteiger charge is -2.05. The number of hydrogen-bond donors (Lipinski definition) is 1. The van der Waals surface area contributed by atoms with E-state index in [9.17, 15) is 9.00 Å². The Balaban J connectivity index is 1.49. The number of nitrogens with one attached hydrogen (secondary N) is 1. The number of hydrogen-bond acceptors (Lipinski definition) is 4. The van der Waals surface area contributed by atoms with Crippen LogP contribution in [-0.4, -0.2) is 27.4 Å². The minimum Gasteiger partial charge on any atom is -0.441 e. The van der Waals surface area contributed by atoms with Gasteiger partial charge in [0.2, 0.25) is 11.8 Å². The van der Waals surface area contributed by atoms with Crippen molar-refractivity contribution < 1.29 is 13.4 Å². The molecule has 0 aliphatic carbocycles. The Morgan fingerprint density at radius 3 is 2.34 bits per heavy atom. The lowest BCUT2D eigenvalue weighted by molar-refractivity contribution is -0.118. The Labute approximate surface area is 181 Å². The maximum atomic E-state index is 12.4. The van der Waals surface area contributed by atoms with E-state index in [1.165, 1.54) is 0 Å². The minimum absolute atomic E-state index is 0.0802. The van der Waals surface area contributed by atoms with E-state index in [2.05, 4.69) is 10.3 Å². The van der Waals surface area contributed by atoms with Crippen LogP contribution >= 0.6 is 23.2 Å². The van der Waals surface area contributed by atoms with Gasteiger partial charge < -0.3 is 9.73 Å². The van der Waals surface area contributed by atoms with Crippen LogP contribution in [0.3, 0.4) is 0 Å². The van der Waals surface area contributed by atoms with E-state index in [1.54, 1.807) is 19.1 Å². The zero-order valence-corrected chi connectivity index (χ0v) is 18.1. The van der Waals surface area contributed by atoms with E-state index in [-0.39, 0.29) is 17.4 Å². The number of aryl methyl sites for hydroxylation is 1. The summed E-state index contributed by atoms with van der Waals surface area (Å²) in [7, 11) is -1.38. The van der Waals surface area contributed by atoms with E-state index < -0.39 is 10.8 Å². The molecule has 0 radical (unpaired) electrons. The van der Waals surface area contributed by atoms with Gasteiger partial charge in [0.1, 0.15) is 11.5 Å². The van der Waals surface area contributed by atoms with E-state index in [4.69, 9.17) is 27.6 Å². The van der Waals surface area contributed by atoms with Gasteiger partial charge in [0.05, 0.1) is 11.4 Å². The second-order valence-electron chi connectivity index (χ2n) is 6.48. The molecule has 29 heavy (non-hydrogen) atoms. The highest BCUT2D eigenvalue weighted by atomic mass is 35.5. The predicted octanol–water partition coefficient (Wildman–Crippen LogP) is 4.56. The van der Waals surface area contributed by atoms with Crippen molar-refractivity contribution in [2.75, 3.05) is 12.3 Å². The van der Waals surface area contributed by atoms with Crippen molar-refractivity contribution in [1.29, 1.82) is 0 Å². The molecule has 1 atom stereocenters. The molecule has 0 bridgehead atoms. The summed E-state index contributed by atoms with van der Waals surface area (Å²) in [6.07, 6.45) is 0.683. The highest BCUT2D eigenvalue weighted by Gasteiger charge is 2.16. The molecule has 3 rings (SSSR count). The minimum atomic E-state index is -1.38. The number of carbonyl (C=O) groups excluding carboxylic acids is 1. The molecule has 3 aromatic rings. The fourth-order valence-corrected chi connectivity index (χ4v) is 4.00. The topological polar surface area (TPSA) is 72.2 Å². The molecule has 2 aromatic carbocycles. The zero-order chi connectivity index (χ0) is 20.8. The van der Waals surface area contributed by atoms with Crippen molar-refractivity contribution in [2.24, 2.45) is 0 Å². The third-order valence-corrected chi connectivity index (χ3v) is 5.91. The number of oxazole rings is 1. The number of amides is 1. The zero-order valence-electron chi connectivity index (χ0n) is 15.8. The molecule has 1 amide bonds. The van der Waals surface area contributed by atoms with Crippen LogP contribution in [0.2, 0.25) is 10.0 Å². The SMILES string of the molecule is Cc1oc(-c2ccc(Cl)cc2)nc1C[S@](=O)CC(=O)NCCc1ccc(Cl)cc1. The van der Waals surface area contributed by atoms with Gasteiger partial charge in [-0.25, -0.2) is 4.98 Å². The predicted molar refractivity (Wildman–Crippen MR) is 117 cm³/mol. The summed E-state index contributed by atoms with van der Waals surface area (Å²) in [6.45, 7) is 2.24. The first-order valence-corrected chi connectivity index (χ1v) is 11.2. The van der Waals surface area contributed by atoms with Crippen LogP contribution in [0.5, 0.6) is 0 Å². The third kappa shape index (κ3) is 6.42. The van der Waals surface area contributed by atoms with Crippen LogP contribution in [0.15, 0.2) is 52.9 Å². The van der Waals surface area contributed by atoms with Crippen molar-refractivity contribution in [3.8, 4) is 11.5 Å². The Hall–Kier alpha value is -2.15. The Bertz CT molecular complexity index is 1000. The molecule has 0 saturated carbocycles. The van der Waals surface area contributed by atoms with E-state index in [1.807, 2.05) is 36.4 Å². The summed E-state index contributed by atoms with van der Waals surface area (Å²) < 4.78 is 18.0. The van der Waals surface area contributed by atoms with Crippen LogP contribution in [0.25, 0.3) is 11.5 Å². The highest BCUT2D eigenvalue weighted by Crippen LogP contribution is 2.24. The molecular weight excluding hydrogens is 431 g/mol. The molecule has 1 N–H and O–H groups in total. The van der Waals surface area contributed by atoms with Crippen LogP contribution in [0.4, 0.5) is 0 Å². The van der Waals surface area contributed by atoms with Crippen molar-refractivity contribution in [1.82, 2.24) is 10.3 Å². The van der Waals surface area contributed by atoms with Gasteiger partial charge >= 0.3 is 0 Å². The Kier molecular flexibility index (Phi) is 7.47. The third-order valence-electron chi connectivity index (χ3n) is 4.22. The quantitative estimate of drug-likeness (QED) is 0.545. The lowest BCUT2D eigenvalue weighted by Crippen LogP contribution is -2.30. The fraction of sp³-hybridized carbons (Fsp3) is 0.238.